The molecule has 1 aromatic carbocycles. The second-order valence-corrected chi connectivity index (χ2v) is 6.11. The van der Waals surface area contributed by atoms with Gasteiger partial charge in [-0.25, -0.2) is 4.68 Å². The smallest absolute Gasteiger partial charge is 0.277 e. The van der Waals surface area contributed by atoms with Crippen molar-refractivity contribution in [1.82, 2.24) is 25.2 Å². The van der Waals surface area contributed by atoms with E-state index in [4.69, 9.17) is 0 Å². The lowest BCUT2D eigenvalue weighted by Crippen LogP contribution is -2.40. The lowest BCUT2D eigenvalue weighted by molar-refractivity contribution is -0.121. The number of nitrogens with one attached hydrogen (secondary N) is 1. The molecule has 0 spiro atoms. The molecule has 1 amide bonds. The summed E-state index contributed by atoms with van der Waals surface area (Å²) in [6.45, 7) is 5.18. The zero-order chi connectivity index (χ0) is 16.9. The van der Waals surface area contributed by atoms with Crippen molar-refractivity contribution in [1.29, 1.82) is 0 Å². The summed E-state index contributed by atoms with van der Waals surface area (Å²) in [4.78, 5) is 26.8. The highest BCUT2D eigenvalue weighted by atomic mass is 16.2. The Morgan fingerprint density at radius 1 is 1.38 bits per heavy atom. The SMILES string of the molecule is CCN1CCC[C@@H]1CNC(=O)CCn1nnc2ccccc2c1=O. The molecule has 7 heteroatoms. The first-order valence-electron chi connectivity index (χ1n) is 8.52. The van der Waals surface area contributed by atoms with Crippen LogP contribution in [0.2, 0.25) is 0 Å². The van der Waals surface area contributed by atoms with E-state index in [0.717, 1.165) is 19.5 Å². The highest BCUT2D eigenvalue weighted by molar-refractivity contribution is 5.77. The largest absolute Gasteiger partial charge is 0.354 e. The monoisotopic (exact) mass is 329 g/mol. The third-order valence-electron chi connectivity index (χ3n) is 4.62. The van der Waals surface area contributed by atoms with E-state index in [1.54, 1.807) is 18.2 Å². The maximum Gasteiger partial charge on any atom is 0.277 e. The van der Waals surface area contributed by atoms with E-state index in [1.807, 2.05) is 6.07 Å². The van der Waals surface area contributed by atoms with Crippen LogP contribution in [-0.4, -0.2) is 51.5 Å². The zero-order valence-corrected chi connectivity index (χ0v) is 13.9. The Labute approximate surface area is 140 Å². The number of aromatic nitrogens is 3. The first-order valence-corrected chi connectivity index (χ1v) is 8.52. The maximum atomic E-state index is 12.3. The van der Waals surface area contributed by atoms with Gasteiger partial charge in [-0.2, -0.15) is 0 Å². The number of likely N-dealkylation sites (N-methyl/N-ethyl adjacent to an activating group) is 1. The Hall–Kier alpha value is -2.28. The van der Waals surface area contributed by atoms with Crippen molar-refractivity contribution in [2.45, 2.75) is 38.8 Å². The number of hydrogen-bond donors (Lipinski definition) is 1. The lowest BCUT2D eigenvalue weighted by atomic mass is 10.2. The number of rotatable bonds is 6. The van der Waals surface area contributed by atoms with E-state index in [9.17, 15) is 9.59 Å². The van der Waals surface area contributed by atoms with Crippen molar-refractivity contribution in [2.24, 2.45) is 0 Å². The molecule has 1 N–H and O–H groups in total. The van der Waals surface area contributed by atoms with Crippen LogP contribution in [0.1, 0.15) is 26.2 Å². The van der Waals surface area contributed by atoms with Gasteiger partial charge in [0.1, 0.15) is 5.52 Å². The van der Waals surface area contributed by atoms with Gasteiger partial charge in [-0.05, 0) is 38.1 Å². The third-order valence-corrected chi connectivity index (χ3v) is 4.62. The number of nitrogens with zero attached hydrogens (tertiary/aromatic N) is 4. The van der Waals surface area contributed by atoms with Crippen LogP contribution in [0.5, 0.6) is 0 Å². The molecule has 2 heterocycles. The Balaban J connectivity index is 1.55. The molecule has 128 valence electrons. The molecule has 0 saturated carbocycles. The minimum Gasteiger partial charge on any atom is -0.354 e. The Morgan fingerprint density at radius 3 is 3.04 bits per heavy atom. The molecule has 0 radical (unpaired) electrons. The third kappa shape index (κ3) is 3.62. The summed E-state index contributed by atoms with van der Waals surface area (Å²) in [5, 5.41) is 11.4. The van der Waals surface area contributed by atoms with E-state index in [2.05, 4.69) is 27.5 Å². The molecule has 1 aliphatic rings. The first kappa shape index (κ1) is 16.6. The van der Waals surface area contributed by atoms with Gasteiger partial charge >= 0.3 is 0 Å². The molecule has 1 saturated heterocycles. The molecule has 1 aliphatic heterocycles. The second kappa shape index (κ2) is 7.53. The number of carbonyl (C=O) groups excluding carboxylic acids is 1. The van der Waals surface area contributed by atoms with Crippen molar-refractivity contribution < 1.29 is 4.79 Å². The van der Waals surface area contributed by atoms with Crippen molar-refractivity contribution in [3.8, 4) is 0 Å². The van der Waals surface area contributed by atoms with Crippen LogP contribution in [0.3, 0.4) is 0 Å². The van der Waals surface area contributed by atoms with Crippen LogP contribution in [0.4, 0.5) is 0 Å². The molecular formula is C17H23N5O2. The van der Waals surface area contributed by atoms with E-state index in [-0.39, 0.29) is 24.4 Å². The van der Waals surface area contributed by atoms with Gasteiger partial charge < -0.3 is 5.32 Å². The standard InChI is InChI=1S/C17H23N5O2/c1-2-21-10-5-6-13(21)12-18-16(23)9-11-22-17(24)14-7-3-4-8-15(14)19-20-22/h3-4,7-8,13H,2,5-6,9-12H2,1H3,(H,18,23)/t13-/m1/s1. The molecule has 7 nitrogen and oxygen atoms in total. The van der Waals surface area contributed by atoms with Crippen LogP contribution in [0.25, 0.3) is 10.9 Å². The summed E-state index contributed by atoms with van der Waals surface area (Å²) >= 11 is 0. The number of likely N-dealkylation sites (tertiary alicyclic amines) is 1. The predicted octanol–water partition coefficient (Wildman–Crippen LogP) is 0.782. The Kier molecular flexibility index (Phi) is 5.20. The van der Waals surface area contributed by atoms with E-state index in [0.29, 0.717) is 23.5 Å². The lowest BCUT2D eigenvalue weighted by Gasteiger charge is -2.22. The molecule has 1 atom stereocenters. The van der Waals surface area contributed by atoms with Gasteiger partial charge in [0.25, 0.3) is 5.56 Å². The van der Waals surface area contributed by atoms with Crippen LogP contribution in [-0.2, 0) is 11.3 Å². The van der Waals surface area contributed by atoms with Gasteiger partial charge in [0.15, 0.2) is 0 Å². The number of fused-ring (bicyclic) bond motifs is 1. The fourth-order valence-electron chi connectivity index (χ4n) is 3.24. The fraction of sp³-hybridized carbons (Fsp3) is 0.529. The van der Waals surface area contributed by atoms with Gasteiger partial charge in [-0.1, -0.05) is 24.3 Å². The fourth-order valence-corrected chi connectivity index (χ4v) is 3.24. The maximum absolute atomic E-state index is 12.3. The van der Waals surface area contributed by atoms with Crippen LogP contribution in [0, 0.1) is 0 Å². The Morgan fingerprint density at radius 2 is 2.21 bits per heavy atom. The minimum absolute atomic E-state index is 0.0557. The first-order chi connectivity index (χ1) is 11.7. The van der Waals surface area contributed by atoms with Crippen LogP contribution in [0.15, 0.2) is 29.1 Å². The number of benzene rings is 1. The minimum atomic E-state index is -0.207. The zero-order valence-electron chi connectivity index (χ0n) is 13.9. The number of hydrogen-bond acceptors (Lipinski definition) is 5. The Bertz CT molecular complexity index is 773. The summed E-state index contributed by atoms with van der Waals surface area (Å²) in [6.07, 6.45) is 2.55. The van der Waals surface area contributed by atoms with Crippen LogP contribution >= 0.6 is 0 Å². The van der Waals surface area contributed by atoms with E-state index >= 15 is 0 Å². The van der Waals surface area contributed by atoms with Gasteiger partial charge in [0.05, 0.1) is 11.9 Å². The topological polar surface area (TPSA) is 80.1 Å². The number of aryl methyl sites for hydroxylation is 1. The van der Waals surface area contributed by atoms with Crippen molar-refractivity contribution >= 4 is 16.8 Å². The molecule has 2 aromatic rings. The average molecular weight is 329 g/mol. The summed E-state index contributed by atoms with van der Waals surface area (Å²) in [5.74, 6) is -0.0557. The number of amides is 1. The number of carbonyl (C=O) groups is 1. The summed E-state index contributed by atoms with van der Waals surface area (Å²) in [6, 6.07) is 7.52. The molecule has 0 bridgehead atoms. The van der Waals surface area contributed by atoms with Gasteiger partial charge in [-0.3, -0.25) is 14.5 Å². The van der Waals surface area contributed by atoms with Gasteiger partial charge in [0, 0.05) is 19.0 Å². The van der Waals surface area contributed by atoms with Gasteiger partial charge in [0.2, 0.25) is 5.91 Å². The quantitative estimate of drug-likeness (QED) is 0.847. The summed E-state index contributed by atoms with van der Waals surface area (Å²) in [5.41, 5.74) is 0.366. The summed E-state index contributed by atoms with van der Waals surface area (Å²) < 4.78 is 1.26. The molecule has 3 rings (SSSR count). The molecule has 0 aliphatic carbocycles. The normalized spacial score (nSPS) is 18.1. The molecule has 24 heavy (non-hydrogen) atoms. The highest BCUT2D eigenvalue weighted by Gasteiger charge is 2.23. The molecule has 1 aromatic heterocycles. The van der Waals surface area contributed by atoms with E-state index < -0.39 is 0 Å². The highest BCUT2D eigenvalue weighted by Crippen LogP contribution is 2.15. The predicted molar refractivity (Wildman–Crippen MR) is 91.7 cm³/mol. The van der Waals surface area contributed by atoms with Gasteiger partial charge in [-0.15, -0.1) is 5.10 Å². The molecule has 1 fully saturated rings. The van der Waals surface area contributed by atoms with E-state index in [1.165, 1.54) is 11.1 Å². The van der Waals surface area contributed by atoms with Crippen molar-refractivity contribution in [3.63, 3.8) is 0 Å². The molecule has 0 unspecified atom stereocenters. The second-order valence-electron chi connectivity index (χ2n) is 6.11. The average Bonchev–Trinajstić information content (AvgIpc) is 3.07. The van der Waals surface area contributed by atoms with Crippen molar-refractivity contribution in [2.75, 3.05) is 19.6 Å². The van der Waals surface area contributed by atoms with Crippen molar-refractivity contribution in [3.05, 3.63) is 34.6 Å². The summed E-state index contributed by atoms with van der Waals surface area (Å²) in [7, 11) is 0. The molecular weight excluding hydrogens is 306 g/mol. The van der Waals surface area contributed by atoms with Crippen LogP contribution < -0.4 is 10.9 Å².